The fourth-order valence-corrected chi connectivity index (χ4v) is 1.32. The van der Waals surface area contributed by atoms with Crippen LogP contribution in [-0.2, 0) is 6.42 Å². The summed E-state index contributed by atoms with van der Waals surface area (Å²) in [7, 11) is 0. The Hall–Kier alpha value is -1.84. The molecule has 0 saturated carbocycles. The SMILES string of the molecule is Nc1c(F)cccc1Cc1ccn[nH]1. The monoisotopic (exact) mass is 191 g/mol. The number of hydrogen-bond donors (Lipinski definition) is 2. The van der Waals surface area contributed by atoms with Crippen LogP contribution in [-0.4, -0.2) is 10.2 Å². The Morgan fingerprint density at radius 3 is 2.93 bits per heavy atom. The number of nitrogen functional groups attached to an aromatic ring is 1. The second-order valence-electron chi connectivity index (χ2n) is 3.07. The zero-order valence-electron chi connectivity index (χ0n) is 7.50. The molecular weight excluding hydrogens is 181 g/mol. The van der Waals surface area contributed by atoms with Crippen LogP contribution in [0.1, 0.15) is 11.3 Å². The molecule has 0 aliphatic carbocycles. The number of hydrogen-bond acceptors (Lipinski definition) is 2. The van der Waals surface area contributed by atoms with Crippen molar-refractivity contribution in [2.24, 2.45) is 0 Å². The molecule has 2 rings (SSSR count). The lowest BCUT2D eigenvalue weighted by Gasteiger charge is -2.04. The molecule has 1 heterocycles. The third-order valence-electron chi connectivity index (χ3n) is 2.08. The van der Waals surface area contributed by atoms with Crippen LogP contribution in [0.4, 0.5) is 10.1 Å². The van der Waals surface area contributed by atoms with Crippen molar-refractivity contribution < 1.29 is 4.39 Å². The molecule has 0 aliphatic heterocycles. The van der Waals surface area contributed by atoms with Crippen LogP contribution in [0.15, 0.2) is 30.5 Å². The smallest absolute Gasteiger partial charge is 0.146 e. The van der Waals surface area contributed by atoms with Crippen LogP contribution in [0.5, 0.6) is 0 Å². The first kappa shape index (κ1) is 8.74. The van der Waals surface area contributed by atoms with Gasteiger partial charge in [0, 0.05) is 18.3 Å². The van der Waals surface area contributed by atoms with Gasteiger partial charge in [-0.05, 0) is 17.7 Å². The lowest BCUT2D eigenvalue weighted by molar-refractivity contribution is 0.631. The van der Waals surface area contributed by atoms with Crippen LogP contribution < -0.4 is 5.73 Å². The minimum atomic E-state index is -0.373. The number of anilines is 1. The molecule has 0 unspecified atom stereocenters. The molecule has 0 spiro atoms. The van der Waals surface area contributed by atoms with E-state index in [-0.39, 0.29) is 11.5 Å². The third-order valence-corrected chi connectivity index (χ3v) is 2.08. The van der Waals surface area contributed by atoms with Gasteiger partial charge in [-0.25, -0.2) is 4.39 Å². The summed E-state index contributed by atoms with van der Waals surface area (Å²) in [4.78, 5) is 0. The molecule has 2 aromatic rings. The maximum Gasteiger partial charge on any atom is 0.146 e. The summed E-state index contributed by atoms with van der Waals surface area (Å²) in [5, 5.41) is 6.62. The maximum atomic E-state index is 13.1. The normalized spacial score (nSPS) is 10.4. The third kappa shape index (κ3) is 1.59. The van der Waals surface area contributed by atoms with Gasteiger partial charge >= 0.3 is 0 Å². The molecule has 1 aromatic heterocycles. The number of rotatable bonds is 2. The topological polar surface area (TPSA) is 54.7 Å². The van der Waals surface area contributed by atoms with Crippen LogP contribution in [0.25, 0.3) is 0 Å². The van der Waals surface area contributed by atoms with Gasteiger partial charge in [-0.1, -0.05) is 12.1 Å². The average molecular weight is 191 g/mol. The van der Waals surface area contributed by atoms with E-state index in [9.17, 15) is 4.39 Å². The average Bonchev–Trinajstić information content (AvgIpc) is 2.66. The minimum absolute atomic E-state index is 0.210. The molecule has 0 atom stereocenters. The van der Waals surface area contributed by atoms with Crippen molar-refractivity contribution >= 4 is 5.69 Å². The van der Waals surface area contributed by atoms with E-state index in [1.54, 1.807) is 18.3 Å². The van der Waals surface area contributed by atoms with Crippen LogP contribution in [0.2, 0.25) is 0 Å². The maximum absolute atomic E-state index is 13.1. The van der Waals surface area contributed by atoms with Crippen molar-refractivity contribution in [2.75, 3.05) is 5.73 Å². The van der Waals surface area contributed by atoms with Crippen molar-refractivity contribution in [3.05, 3.63) is 47.5 Å². The molecule has 0 radical (unpaired) electrons. The number of aromatic amines is 1. The molecule has 0 fully saturated rings. The Balaban J connectivity index is 2.29. The van der Waals surface area contributed by atoms with Crippen LogP contribution >= 0.6 is 0 Å². The Morgan fingerprint density at radius 1 is 1.36 bits per heavy atom. The van der Waals surface area contributed by atoms with Gasteiger partial charge in [0.25, 0.3) is 0 Å². The molecule has 3 N–H and O–H groups in total. The number of para-hydroxylation sites is 1. The first-order chi connectivity index (χ1) is 6.77. The van der Waals surface area contributed by atoms with Crippen molar-refractivity contribution in [1.82, 2.24) is 10.2 Å². The summed E-state index contributed by atoms with van der Waals surface area (Å²) in [5.41, 5.74) is 7.49. The van der Waals surface area contributed by atoms with Crippen molar-refractivity contribution in [2.45, 2.75) is 6.42 Å². The van der Waals surface area contributed by atoms with Crippen molar-refractivity contribution in [1.29, 1.82) is 0 Å². The Labute approximate surface area is 80.8 Å². The number of aromatic nitrogens is 2. The van der Waals surface area contributed by atoms with Crippen molar-refractivity contribution in [3.8, 4) is 0 Å². The molecule has 14 heavy (non-hydrogen) atoms. The minimum Gasteiger partial charge on any atom is -0.396 e. The summed E-state index contributed by atoms with van der Waals surface area (Å²) in [6, 6.07) is 6.65. The van der Waals surface area contributed by atoms with Crippen LogP contribution in [0.3, 0.4) is 0 Å². The fraction of sp³-hybridized carbons (Fsp3) is 0.100. The highest BCUT2D eigenvalue weighted by atomic mass is 19.1. The number of halogens is 1. The summed E-state index contributed by atoms with van der Waals surface area (Å²) < 4.78 is 13.1. The van der Waals surface area contributed by atoms with Crippen molar-refractivity contribution in [3.63, 3.8) is 0 Å². The Kier molecular flexibility index (Phi) is 2.18. The van der Waals surface area contributed by atoms with E-state index < -0.39 is 0 Å². The lowest BCUT2D eigenvalue weighted by Crippen LogP contribution is -1.98. The summed E-state index contributed by atoms with van der Waals surface area (Å²) in [6.45, 7) is 0. The summed E-state index contributed by atoms with van der Waals surface area (Å²) in [6.07, 6.45) is 2.23. The Bertz CT molecular complexity index is 423. The first-order valence-corrected chi connectivity index (χ1v) is 4.28. The molecule has 72 valence electrons. The molecule has 3 nitrogen and oxygen atoms in total. The predicted octanol–water partition coefficient (Wildman–Crippen LogP) is 1.72. The lowest BCUT2D eigenvalue weighted by atomic mass is 10.1. The van der Waals surface area contributed by atoms with Gasteiger partial charge < -0.3 is 5.73 Å². The van der Waals surface area contributed by atoms with Gasteiger partial charge in [-0.15, -0.1) is 0 Å². The highest BCUT2D eigenvalue weighted by Gasteiger charge is 2.05. The number of nitrogens with two attached hydrogens (primary N) is 1. The second kappa shape index (κ2) is 3.49. The standard InChI is InChI=1S/C10H10FN3/c11-9-3-1-2-7(10(9)12)6-8-4-5-13-14-8/h1-5H,6,12H2,(H,13,14). The predicted molar refractivity (Wildman–Crippen MR) is 52.2 cm³/mol. The molecule has 0 amide bonds. The number of H-pyrrole nitrogens is 1. The number of nitrogens with zero attached hydrogens (tertiary/aromatic N) is 1. The zero-order valence-corrected chi connectivity index (χ0v) is 7.50. The van der Waals surface area contributed by atoms with Gasteiger partial charge in [-0.2, -0.15) is 5.10 Å². The quantitative estimate of drug-likeness (QED) is 0.710. The highest BCUT2D eigenvalue weighted by molar-refractivity contribution is 5.49. The van der Waals surface area contributed by atoms with Crippen LogP contribution in [0, 0.1) is 5.82 Å². The molecule has 0 saturated heterocycles. The molecule has 4 heteroatoms. The van der Waals surface area contributed by atoms with E-state index in [2.05, 4.69) is 10.2 Å². The number of nitrogens with one attached hydrogen (secondary N) is 1. The summed E-state index contributed by atoms with van der Waals surface area (Å²) >= 11 is 0. The molecular formula is C10H10FN3. The molecule has 1 aromatic carbocycles. The van der Waals surface area contributed by atoms with E-state index in [1.807, 2.05) is 6.07 Å². The zero-order chi connectivity index (χ0) is 9.97. The fourth-order valence-electron chi connectivity index (χ4n) is 1.32. The molecule has 0 bridgehead atoms. The van der Waals surface area contributed by atoms with Gasteiger partial charge in [-0.3, -0.25) is 5.10 Å². The van der Waals surface area contributed by atoms with E-state index in [4.69, 9.17) is 5.73 Å². The van der Waals surface area contributed by atoms with E-state index in [1.165, 1.54) is 6.07 Å². The first-order valence-electron chi connectivity index (χ1n) is 4.28. The number of benzene rings is 1. The second-order valence-corrected chi connectivity index (χ2v) is 3.07. The van der Waals surface area contributed by atoms with Gasteiger partial charge in [0.2, 0.25) is 0 Å². The Morgan fingerprint density at radius 2 is 2.21 bits per heavy atom. The van der Waals surface area contributed by atoms with Gasteiger partial charge in [0.1, 0.15) is 5.82 Å². The van der Waals surface area contributed by atoms with Gasteiger partial charge in [0.15, 0.2) is 0 Å². The van der Waals surface area contributed by atoms with Gasteiger partial charge in [0.05, 0.1) is 5.69 Å². The molecule has 0 aliphatic rings. The van der Waals surface area contributed by atoms with E-state index >= 15 is 0 Å². The van der Waals surface area contributed by atoms with E-state index in [0.717, 1.165) is 11.3 Å². The van der Waals surface area contributed by atoms with E-state index in [0.29, 0.717) is 6.42 Å². The largest absolute Gasteiger partial charge is 0.396 e. The highest BCUT2D eigenvalue weighted by Crippen LogP contribution is 2.18. The summed E-state index contributed by atoms with van der Waals surface area (Å²) in [5.74, 6) is -0.373.